The van der Waals surface area contributed by atoms with Crippen molar-refractivity contribution in [3.63, 3.8) is 0 Å². The molecular weight excluding hydrogens is 288 g/mol. The lowest BCUT2D eigenvalue weighted by Crippen LogP contribution is -2.41. The third-order valence-electron chi connectivity index (χ3n) is 3.40. The molecule has 0 aromatic heterocycles. The molecule has 0 bridgehead atoms. The van der Waals surface area contributed by atoms with Gasteiger partial charge in [0.25, 0.3) is 11.8 Å². The lowest BCUT2D eigenvalue weighted by molar-refractivity contribution is -0.144. The summed E-state index contributed by atoms with van der Waals surface area (Å²) in [7, 11) is 0. The Hall–Kier alpha value is -2.10. The van der Waals surface area contributed by atoms with Crippen LogP contribution in [0.2, 0.25) is 0 Å². The minimum Gasteiger partial charge on any atom is -0.272 e. The lowest BCUT2D eigenvalue weighted by atomic mass is 10.3. The fourth-order valence-corrected chi connectivity index (χ4v) is 2.14. The predicted molar refractivity (Wildman–Crippen MR) is 94.4 cm³/mol. The van der Waals surface area contributed by atoms with Crippen LogP contribution in [0.5, 0.6) is 0 Å². The number of rotatable bonds is 10. The molecule has 1 heterocycles. The molecule has 2 amide bonds. The number of hydrogen-bond donors (Lipinski definition) is 0. The van der Waals surface area contributed by atoms with Gasteiger partial charge in [-0.05, 0) is 12.8 Å². The van der Waals surface area contributed by atoms with E-state index < -0.39 is 0 Å². The van der Waals surface area contributed by atoms with Gasteiger partial charge >= 0.3 is 0 Å². The van der Waals surface area contributed by atoms with Crippen LogP contribution in [0, 0.1) is 0 Å². The van der Waals surface area contributed by atoms with Crippen LogP contribution in [-0.2, 0) is 9.59 Å². The van der Waals surface area contributed by atoms with Gasteiger partial charge in [0, 0.05) is 0 Å². The lowest BCUT2D eigenvalue weighted by Gasteiger charge is -2.25. The van der Waals surface area contributed by atoms with E-state index in [9.17, 15) is 9.59 Å². The summed E-state index contributed by atoms with van der Waals surface area (Å²) in [5.74, 6) is -0.265. The van der Waals surface area contributed by atoms with Crippen LogP contribution in [0.25, 0.3) is 0 Å². The largest absolute Gasteiger partial charge is 0.272 e. The summed E-state index contributed by atoms with van der Waals surface area (Å²) < 4.78 is 0. The van der Waals surface area contributed by atoms with Crippen LogP contribution < -0.4 is 0 Å². The zero-order valence-corrected chi connectivity index (χ0v) is 14.3. The Morgan fingerprint density at radius 3 is 1.52 bits per heavy atom. The van der Waals surface area contributed by atoms with Gasteiger partial charge in [-0.15, -0.1) is 0 Å². The molecule has 4 nitrogen and oxygen atoms in total. The normalized spacial score (nSPS) is 16.4. The second kappa shape index (κ2) is 11.5. The summed E-state index contributed by atoms with van der Waals surface area (Å²) in [5.41, 5.74) is 0. The van der Waals surface area contributed by atoms with E-state index in [0.29, 0.717) is 13.1 Å². The Bertz CT molecular complexity index is 446. The first kappa shape index (κ1) is 18.9. The highest BCUT2D eigenvalue weighted by Crippen LogP contribution is 2.13. The SMILES string of the molecule is CCCC=CC=CCN1C(=O)CC(=O)N1CC=CC=CCCC. The maximum Gasteiger partial charge on any atom is 0.250 e. The Morgan fingerprint density at radius 1 is 0.739 bits per heavy atom. The zero-order valence-electron chi connectivity index (χ0n) is 14.3. The molecule has 0 atom stereocenters. The van der Waals surface area contributed by atoms with Gasteiger partial charge in [-0.3, -0.25) is 9.59 Å². The van der Waals surface area contributed by atoms with Crippen LogP contribution in [0.3, 0.4) is 0 Å². The minimum absolute atomic E-state index is 0.0287. The Balaban J connectivity index is 2.51. The van der Waals surface area contributed by atoms with Crippen molar-refractivity contribution in [2.45, 2.75) is 46.0 Å². The fraction of sp³-hybridized carbons (Fsp3) is 0.474. The van der Waals surface area contributed by atoms with Crippen molar-refractivity contribution in [3.8, 4) is 0 Å². The van der Waals surface area contributed by atoms with E-state index in [2.05, 4.69) is 26.0 Å². The molecule has 1 fully saturated rings. The quantitative estimate of drug-likeness (QED) is 0.454. The van der Waals surface area contributed by atoms with Crippen molar-refractivity contribution >= 4 is 11.8 Å². The topological polar surface area (TPSA) is 40.6 Å². The first-order valence-corrected chi connectivity index (χ1v) is 8.44. The molecule has 1 rings (SSSR count). The van der Waals surface area contributed by atoms with E-state index in [-0.39, 0.29) is 18.2 Å². The first-order valence-electron chi connectivity index (χ1n) is 8.44. The number of hydrazine groups is 1. The van der Waals surface area contributed by atoms with E-state index in [1.807, 2.05) is 36.5 Å². The van der Waals surface area contributed by atoms with Crippen molar-refractivity contribution in [3.05, 3.63) is 48.6 Å². The van der Waals surface area contributed by atoms with Gasteiger partial charge in [0.1, 0.15) is 6.42 Å². The molecule has 0 aromatic rings. The average molecular weight is 316 g/mol. The van der Waals surface area contributed by atoms with E-state index >= 15 is 0 Å². The summed E-state index contributed by atoms with van der Waals surface area (Å²) in [6.07, 6.45) is 20.1. The van der Waals surface area contributed by atoms with Gasteiger partial charge in [0.05, 0.1) is 13.1 Å². The van der Waals surface area contributed by atoms with Gasteiger partial charge in [0.2, 0.25) is 0 Å². The van der Waals surface area contributed by atoms with Gasteiger partial charge in [-0.25, -0.2) is 10.0 Å². The molecule has 0 unspecified atom stereocenters. The molecule has 0 aromatic carbocycles. The van der Waals surface area contributed by atoms with Crippen molar-refractivity contribution in [1.29, 1.82) is 0 Å². The number of carbonyl (C=O) groups is 2. The van der Waals surface area contributed by atoms with Crippen LogP contribution in [0.4, 0.5) is 0 Å². The fourth-order valence-electron chi connectivity index (χ4n) is 2.14. The van der Waals surface area contributed by atoms with E-state index in [1.165, 1.54) is 10.0 Å². The third kappa shape index (κ3) is 7.13. The highest BCUT2D eigenvalue weighted by atomic mass is 16.2. The molecule has 0 N–H and O–H groups in total. The molecule has 4 heteroatoms. The monoisotopic (exact) mass is 316 g/mol. The number of amides is 2. The number of allylic oxidation sites excluding steroid dienone is 6. The molecule has 0 spiro atoms. The molecule has 1 saturated heterocycles. The maximum absolute atomic E-state index is 11.9. The van der Waals surface area contributed by atoms with Crippen LogP contribution in [-0.4, -0.2) is 34.9 Å². The van der Waals surface area contributed by atoms with Gasteiger partial charge < -0.3 is 0 Å². The highest BCUT2D eigenvalue weighted by Gasteiger charge is 2.33. The molecule has 0 saturated carbocycles. The molecule has 23 heavy (non-hydrogen) atoms. The van der Waals surface area contributed by atoms with Gasteiger partial charge in [-0.1, -0.05) is 75.3 Å². The second-order valence-electron chi connectivity index (χ2n) is 5.42. The summed E-state index contributed by atoms with van der Waals surface area (Å²) in [6.45, 7) is 5.12. The number of unbranched alkanes of at least 4 members (excludes halogenated alkanes) is 2. The summed E-state index contributed by atoms with van der Waals surface area (Å²) in [6, 6.07) is 0. The van der Waals surface area contributed by atoms with Gasteiger partial charge in [-0.2, -0.15) is 0 Å². The first-order chi connectivity index (χ1) is 11.2. The zero-order chi connectivity index (χ0) is 16.9. The summed E-state index contributed by atoms with van der Waals surface area (Å²) in [5, 5.41) is 3.04. The minimum atomic E-state index is -0.132. The molecule has 0 aliphatic carbocycles. The van der Waals surface area contributed by atoms with Crippen molar-refractivity contribution in [2.75, 3.05) is 13.1 Å². The average Bonchev–Trinajstić information content (AvgIpc) is 2.80. The molecule has 126 valence electrons. The smallest absolute Gasteiger partial charge is 0.250 e. The Morgan fingerprint density at radius 2 is 1.13 bits per heavy atom. The van der Waals surface area contributed by atoms with Crippen molar-refractivity contribution in [1.82, 2.24) is 10.0 Å². The number of carbonyl (C=O) groups excluding carboxylic acids is 2. The van der Waals surface area contributed by atoms with Gasteiger partial charge in [0.15, 0.2) is 0 Å². The highest BCUT2D eigenvalue weighted by molar-refractivity contribution is 6.02. The summed E-state index contributed by atoms with van der Waals surface area (Å²) >= 11 is 0. The maximum atomic E-state index is 11.9. The van der Waals surface area contributed by atoms with Crippen LogP contribution in [0.15, 0.2) is 48.6 Å². The van der Waals surface area contributed by atoms with Crippen molar-refractivity contribution in [2.24, 2.45) is 0 Å². The van der Waals surface area contributed by atoms with E-state index in [0.717, 1.165) is 25.7 Å². The molecule has 0 radical (unpaired) electrons. The van der Waals surface area contributed by atoms with Crippen molar-refractivity contribution < 1.29 is 9.59 Å². The number of nitrogens with zero attached hydrogens (tertiary/aromatic N) is 2. The third-order valence-corrected chi connectivity index (χ3v) is 3.40. The number of hydrogen-bond acceptors (Lipinski definition) is 2. The van der Waals surface area contributed by atoms with E-state index in [4.69, 9.17) is 0 Å². The Kier molecular flexibility index (Phi) is 9.45. The Labute approximate surface area is 139 Å². The summed E-state index contributed by atoms with van der Waals surface area (Å²) in [4.78, 5) is 23.8. The van der Waals surface area contributed by atoms with Crippen LogP contribution in [0.1, 0.15) is 46.0 Å². The second-order valence-corrected chi connectivity index (χ2v) is 5.42. The molecular formula is C19H28N2O2. The standard InChI is InChI=1S/C19H28N2O2/c1-3-5-7-9-11-13-15-20-18(22)17-19(23)21(20)16-14-12-10-8-6-4-2/h7-14H,3-6,15-17H2,1-2H3. The molecule has 1 aliphatic rings. The van der Waals surface area contributed by atoms with E-state index in [1.54, 1.807) is 0 Å². The van der Waals surface area contributed by atoms with Crippen LogP contribution >= 0.6 is 0 Å². The predicted octanol–water partition coefficient (Wildman–Crippen LogP) is 3.79. The molecule has 1 aliphatic heterocycles.